The molecule has 4 heteroatoms. The number of nitrogens with zero attached hydrogens (tertiary/aromatic N) is 1. The third-order valence-corrected chi connectivity index (χ3v) is 3.46. The lowest BCUT2D eigenvalue weighted by molar-refractivity contribution is -0.130. The van der Waals surface area contributed by atoms with Crippen LogP contribution in [0.2, 0.25) is 0 Å². The largest absolute Gasteiger partial charge is 0.325 e. The molecule has 1 heterocycles. The van der Waals surface area contributed by atoms with Gasteiger partial charge in [-0.15, -0.1) is 0 Å². The Morgan fingerprint density at radius 3 is 2.67 bits per heavy atom. The molecule has 0 saturated carbocycles. The summed E-state index contributed by atoms with van der Waals surface area (Å²) >= 11 is 1.79. The molecule has 0 aromatic heterocycles. The molecule has 1 aliphatic rings. The van der Waals surface area contributed by atoms with E-state index in [1.165, 1.54) is 0 Å². The van der Waals surface area contributed by atoms with Gasteiger partial charge in [-0.3, -0.25) is 10.1 Å². The van der Waals surface area contributed by atoms with Crippen LogP contribution in [0, 0.1) is 5.92 Å². The summed E-state index contributed by atoms with van der Waals surface area (Å²) in [4.78, 5) is 14.0. The minimum atomic E-state index is 0.0410. The topological polar surface area (TPSA) is 32.3 Å². The van der Waals surface area contributed by atoms with Crippen LogP contribution >= 0.6 is 11.8 Å². The third-order valence-electron chi connectivity index (χ3n) is 2.86. The summed E-state index contributed by atoms with van der Waals surface area (Å²) < 4.78 is 0. The molecule has 1 saturated heterocycles. The molecule has 0 aromatic carbocycles. The normalized spacial score (nSPS) is 26.7. The highest BCUT2D eigenvalue weighted by atomic mass is 32.2. The van der Waals surface area contributed by atoms with Gasteiger partial charge < -0.3 is 4.90 Å². The van der Waals surface area contributed by atoms with Crippen molar-refractivity contribution in [3.63, 3.8) is 0 Å². The van der Waals surface area contributed by atoms with Crippen LogP contribution in [0.25, 0.3) is 0 Å². The van der Waals surface area contributed by atoms with E-state index >= 15 is 0 Å². The van der Waals surface area contributed by atoms with E-state index in [1.807, 2.05) is 4.90 Å². The molecule has 1 fully saturated rings. The van der Waals surface area contributed by atoms with Crippen LogP contribution in [0.3, 0.4) is 0 Å². The fourth-order valence-electron chi connectivity index (χ4n) is 1.99. The van der Waals surface area contributed by atoms with Gasteiger partial charge in [0.1, 0.15) is 0 Å². The van der Waals surface area contributed by atoms with Crippen molar-refractivity contribution in [3.05, 3.63) is 0 Å². The predicted molar refractivity (Wildman–Crippen MR) is 65.9 cm³/mol. The van der Waals surface area contributed by atoms with Crippen molar-refractivity contribution < 1.29 is 4.79 Å². The highest BCUT2D eigenvalue weighted by molar-refractivity contribution is 7.98. The molecule has 2 unspecified atom stereocenters. The number of hydrogen-bond acceptors (Lipinski definition) is 3. The summed E-state index contributed by atoms with van der Waals surface area (Å²) in [5, 5.41) is 3.42. The summed E-state index contributed by atoms with van der Waals surface area (Å²) in [6.45, 7) is 7.25. The molecule has 0 radical (unpaired) electrons. The number of carbonyl (C=O) groups is 1. The van der Waals surface area contributed by atoms with E-state index in [0.717, 1.165) is 18.7 Å². The van der Waals surface area contributed by atoms with E-state index in [0.29, 0.717) is 5.92 Å². The van der Waals surface area contributed by atoms with E-state index in [-0.39, 0.29) is 18.1 Å². The fraction of sp³-hybridized carbons (Fsp3) is 0.909. The Labute approximate surface area is 97.0 Å². The maximum Gasteiger partial charge on any atom is 0.241 e. The molecular weight excluding hydrogens is 208 g/mol. The van der Waals surface area contributed by atoms with Crippen molar-refractivity contribution >= 4 is 17.7 Å². The first-order valence-corrected chi connectivity index (χ1v) is 7.06. The number of hydrogen-bond donors (Lipinski definition) is 1. The van der Waals surface area contributed by atoms with E-state index in [2.05, 4.69) is 32.3 Å². The summed E-state index contributed by atoms with van der Waals surface area (Å²) in [5.74, 6) is 1.78. The average Bonchev–Trinajstić information content (AvgIpc) is 2.52. The van der Waals surface area contributed by atoms with Crippen LogP contribution in [0.4, 0.5) is 0 Å². The molecule has 3 nitrogen and oxygen atoms in total. The Kier molecular flexibility index (Phi) is 4.93. The van der Waals surface area contributed by atoms with Crippen LogP contribution < -0.4 is 5.32 Å². The van der Waals surface area contributed by atoms with Gasteiger partial charge in [0.15, 0.2) is 0 Å². The first-order chi connectivity index (χ1) is 7.11. The van der Waals surface area contributed by atoms with Gasteiger partial charge in [-0.25, -0.2) is 0 Å². The standard InChI is InChI=1S/C11H22N2OS/c1-5-9-11(14)13(6-7-15-4)10(12-9)8(2)3/h8-10,12H,5-7H2,1-4H3. The Bertz CT molecular complexity index is 221. The predicted octanol–water partition coefficient (Wildman–Crippen LogP) is 1.54. The lowest BCUT2D eigenvalue weighted by Gasteiger charge is -2.26. The van der Waals surface area contributed by atoms with Crippen LogP contribution in [-0.4, -0.2) is 41.6 Å². The summed E-state index contributed by atoms with van der Waals surface area (Å²) in [7, 11) is 0. The molecule has 2 atom stereocenters. The van der Waals surface area contributed by atoms with Gasteiger partial charge >= 0.3 is 0 Å². The van der Waals surface area contributed by atoms with Crippen molar-refractivity contribution in [2.75, 3.05) is 18.6 Å². The van der Waals surface area contributed by atoms with Crippen molar-refractivity contribution in [2.24, 2.45) is 5.92 Å². The highest BCUT2D eigenvalue weighted by Gasteiger charge is 2.38. The Balaban J connectivity index is 2.65. The molecule has 0 aromatic rings. The number of amides is 1. The van der Waals surface area contributed by atoms with Crippen molar-refractivity contribution in [1.29, 1.82) is 0 Å². The molecule has 0 spiro atoms. The molecule has 88 valence electrons. The van der Waals surface area contributed by atoms with Gasteiger partial charge in [-0.1, -0.05) is 20.8 Å². The molecule has 1 rings (SSSR count). The molecule has 1 amide bonds. The van der Waals surface area contributed by atoms with Crippen LogP contribution in [0.15, 0.2) is 0 Å². The van der Waals surface area contributed by atoms with Crippen molar-refractivity contribution in [2.45, 2.75) is 39.4 Å². The second-order valence-electron chi connectivity index (χ2n) is 4.34. The zero-order valence-corrected chi connectivity index (χ0v) is 10.9. The average molecular weight is 230 g/mol. The smallest absolute Gasteiger partial charge is 0.241 e. The zero-order valence-electron chi connectivity index (χ0n) is 10.1. The molecule has 15 heavy (non-hydrogen) atoms. The third kappa shape index (κ3) is 2.88. The first kappa shape index (κ1) is 12.8. The molecule has 0 bridgehead atoms. The SMILES string of the molecule is CCC1NC(C(C)C)N(CCSC)C1=O. The number of carbonyl (C=O) groups excluding carboxylic acids is 1. The summed E-state index contributed by atoms with van der Waals surface area (Å²) in [6, 6.07) is 0.0410. The number of nitrogens with one attached hydrogen (secondary N) is 1. The quantitative estimate of drug-likeness (QED) is 0.777. The molecule has 1 aliphatic heterocycles. The zero-order chi connectivity index (χ0) is 11.4. The highest BCUT2D eigenvalue weighted by Crippen LogP contribution is 2.19. The van der Waals surface area contributed by atoms with Crippen molar-refractivity contribution in [1.82, 2.24) is 10.2 Å². The van der Waals surface area contributed by atoms with E-state index in [4.69, 9.17) is 0 Å². The van der Waals surface area contributed by atoms with Crippen LogP contribution in [0.1, 0.15) is 27.2 Å². The minimum Gasteiger partial charge on any atom is -0.325 e. The van der Waals surface area contributed by atoms with Crippen LogP contribution in [-0.2, 0) is 4.79 Å². The second kappa shape index (κ2) is 5.75. The van der Waals surface area contributed by atoms with Gasteiger partial charge in [0, 0.05) is 12.3 Å². The first-order valence-electron chi connectivity index (χ1n) is 5.67. The minimum absolute atomic E-state index is 0.0410. The lowest BCUT2D eigenvalue weighted by Crippen LogP contribution is -2.42. The van der Waals surface area contributed by atoms with Crippen molar-refractivity contribution in [3.8, 4) is 0 Å². The van der Waals surface area contributed by atoms with Gasteiger partial charge in [0.2, 0.25) is 5.91 Å². The van der Waals surface area contributed by atoms with Gasteiger partial charge in [-0.05, 0) is 18.6 Å². The summed E-state index contributed by atoms with van der Waals surface area (Å²) in [6.07, 6.45) is 3.20. The summed E-state index contributed by atoms with van der Waals surface area (Å²) in [5.41, 5.74) is 0. The number of thioether (sulfide) groups is 1. The Morgan fingerprint density at radius 2 is 2.20 bits per heavy atom. The maximum absolute atomic E-state index is 12.0. The Morgan fingerprint density at radius 1 is 1.53 bits per heavy atom. The van der Waals surface area contributed by atoms with Crippen LogP contribution in [0.5, 0.6) is 0 Å². The fourth-order valence-corrected chi connectivity index (χ4v) is 2.37. The van der Waals surface area contributed by atoms with E-state index in [9.17, 15) is 4.79 Å². The maximum atomic E-state index is 12.0. The molecule has 0 aliphatic carbocycles. The molecule has 1 N–H and O–H groups in total. The van der Waals surface area contributed by atoms with E-state index in [1.54, 1.807) is 11.8 Å². The molecular formula is C11H22N2OS. The van der Waals surface area contributed by atoms with Gasteiger partial charge in [0.25, 0.3) is 0 Å². The lowest BCUT2D eigenvalue weighted by atomic mass is 10.1. The Hall–Kier alpha value is -0.220. The monoisotopic (exact) mass is 230 g/mol. The number of rotatable bonds is 5. The second-order valence-corrected chi connectivity index (χ2v) is 5.33. The van der Waals surface area contributed by atoms with Gasteiger partial charge in [-0.2, -0.15) is 11.8 Å². The van der Waals surface area contributed by atoms with Gasteiger partial charge in [0.05, 0.1) is 12.2 Å². The van der Waals surface area contributed by atoms with E-state index < -0.39 is 0 Å².